The second kappa shape index (κ2) is 8.19. The molecule has 0 heterocycles. The van der Waals surface area contributed by atoms with Gasteiger partial charge in [-0.2, -0.15) is 0 Å². The number of unbranched alkanes of at least 4 members (excludes halogenated alkanes) is 2. The minimum absolute atomic E-state index is 0.101. The van der Waals surface area contributed by atoms with Crippen molar-refractivity contribution in [1.82, 2.24) is 4.90 Å². The fourth-order valence-corrected chi connectivity index (χ4v) is 1.87. The van der Waals surface area contributed by atoms with E-state index in [0.717, 1.165) is 19.3 Å². The zero-order valence-electron chi connectivity index (χ0n) is 12.1. The average molecular weight is 278 g/mol. The third kappa shape index (κ3) is 5.30. The average Bonchev–Trinajstić information content (AvgIpc) is 2.40. The second-order valence-corrected chi connectivity index (χ2v) is 4.79. The molecular weight excluding hydrogens is 256 g/mol. The number of hydrogen-bond acceptors (Lipinski definition) is 2. The molecule has 0 aliphatic heterocycles. The summed E-state index contributed by atoms with van der Waals surface area (Å²) in [5, 5.41) is 11.6. The molecule has 1 aromatic rings. The van der Waals surface area contributed by atoms with Gasteiger partial charge in [0.15, 0.2) is 0 Å². The molecule has 0 fully saturated rings. The largest absolute Gasteiger partial charge is 0.481 e. The van der Waals surface area contributed by atoms with Gasteiger partial charge < -0.3 is 15.3 Å². The number of benzene rings is 1. The van der Waals surface area contributed by atoms with E-state index in [9.17, 15) is 9.59 Å². The topological polar surface area (TPSA) is 69.6 Å². The standard InChI is InChI=1S/C15H22N2O3/c1-3-4-7-10-17(2)15(20)16-13-9-6-5-8-12(13)11-14(18)19/h5-6,8-9H,3-4,7,10-11H2,1-2H3,(H,16,20)(H,18,19). The maximum absolute atomic E-state index is 12.0. The first-order valence-corrected chi connectivity index (χ1v) is 6.86. The van der Waals surface area contributed by atoms with Gasteiger partial charge in [-0.05, 0) is 18.1 Å². The fraction of sp³-hybridized carbons (Fsp3) is 0.467. The third-order valence-corrected chi connectivity index (χ3v) is 3.04. The molecule has 0 aromatic heterocycles. The van der Waals surface area contributed by atoms with Gasteiger partial charge in [0, 0.05) is 19.3 Å². The molecular formula is C15H22N2O3. The van der Waals surface area contributed by atoms with E-state index >= 15 is 0 Å². The van der Waals surface area contributed by atoms with Crippen LogP contribution in [0.3, 0.4) is 0 Å². The predicted octanol–water partition coefficient (Wildman–Crippen LogP) is 2.97. The number of anilines is 1. The smallest absolute Gasteiger partial charge is 0.321 e. The first kappa shape index (κ1) is 16.0. The molecule has 0 aliphatic carbocycles. The lowest BCUT2D eigenvalue weighted by molar-refractivity contribution is -0.136. The van der Waals surface area contributed by atoms with E-state index in [-0.39, 0.29) is 12.5 Å². The summed E-state index contributed by atoms with van der Waals surface area (Å²) in [5.74, 6) is -0.914. The van der Waals surface area contributed by atoms with Crippen molar-refractivity contribution in [2.45, 2.75) is 32.6 Å². The molecule has 0 atom stereocenters. The predicted molar refractivity (Wildman–Crippen MR) is 79.0 cm³/mol. The number of carbonyl (C=O) groups excluding carboxylic acids is 1. The molecule has 0 radical (unpaired) electrons. The minimum Gasteiger partial charge on any atom is -0.481 e. The van der Waals surface area contributed by atoms with E-state index in [0.29, 0.717) is 17.8 Å². The van der Waals surface area contributed by atoms with Crippen molar-refractivity contribution in [2.24, 2.45) is 0 Å². The fourth-order valence-electron chi connectivity index (χ4n) is 1.87. The number of aliphatic carboxylic acids is 1. The van der Waals surface area contributed by atoms with Crippen LogP contribution < -0.4 is 5.32 Å². The van der Waals surface area contributed by atoms with E-state index in [2.05, 4.69) is 12.2 Å². The van der Waals surface area contributed by atoms with Crippen LogP contribution in [0.4, 0.5) is 10.5 Å². The number of para-hydroxylation sites is 1. The Morgan fingerprint density at radius 1 is 1.25 bits per heavy atom. The summed E-state index contributed by atoms with van der Waals surface area (Å²) in [5.41, 5.74) is 1.16. The van der Waals surface area contributed by atoms with Crippen molar-refractivity contribution in [3.05, 3.63) is 29.8 Å². The van der Waals surface area contributed by atoms with E-state index < -0.39 is 5.97 Å². The van der Waals surface area contributed by atoms with Gasteiger partial charge in [0.2, 0.25) is 0 Å². The lowest BCUT2D eigenvalue weighted by Crippen LogP contribution is -2.32. The molecule has 0 unspecified atom stereocenters. The highest BCUT2D eigenvalue weighted by Gasteiger charge is 2.12. The van der Waals surface area contributed by atoms with Crippen LogP contribution in [0.5, 0.6) is 0 Å². The Kier molecular flexibility index (Phi) is 6.56. The van der Waals surface area contributed by atoms with Crippen LogP contribution in [0.1, 0.15) is 31.7 Å². The molecule has 5 nitrogen and oxygen atoms in total. The summed E-state index contributed by atoms with van der Waals surface area (Å²) in [6.07, 6.45) is 3.07. The summed E-state index contributed by atoms with van der Waals surface area (Å²) in [6, 6.07) is 6.76. The first-order chi connectivity index (χ1) is 9.54. The molecule has 1 rings (SSSR count). The molecule has 0 spiro atoms. The molecule has 110 valence electrons. The number of rotatable bonds is 7. The molecule has 0 bridgehead atoms. The molecule has 0 saturated carbocycles. The summed E-state index contributed by atoms with van der Waals surface area (Å²) in [7, 11) is 1.74. The maximum Gasteiger partial charge on any atom is 0.321 e. The van der Waals surface area contributed by atoms with E-state index in [4.69, 9.17) is 5.11 Å². The number of nitrogens with one attached hydrogen (secondary N) is 1. The summed E-state index contributed by atoms with van der Waals surface area (Å²) in [6.45, 7) is 2.81. The molecule has 5 heteroatoms. The van der Waals surface area contributed by atoms with E-state index in [1.54, 1.807) is 36.2 Å². The van der Waals surface area contributed by atoms with Gasteiger partial charge in [0.1, 0.15) is 0 Å². The Bertz CT molecular complexity index is 460. The molecule has 2 N–H and O–H groups in total. The van der Waals surface area contributed by atoms with Crippen LogP contribution in [0.25, 0.3) is 0 Å². The van der Waals surface area contributed by atoms with Gasteiger partial charge in [0.25, 0.3) is 0 Å². The highest BCUT2D eigenvalue weighted by molar-refractivity contribution is 5.90. The van der Waals surface area contributed by atoms with E-state index in [1.807, 2.05) is 0 Å². The summed E-state index contributed by atoms with van der Waals surface area (Å²) < 4.78 is 0. The SMILES string of the molecule is CCCCCN(C)C(=O)Nc1ccccc1CC(=O)O. The Morgan fingerprint density at radius 2 is 1.95 bits per heavy atom. The van der Waals surface area contributed by atoms with Crippen LogP contribution in [0.2, 0.25) is 0 Å². The van der Waals surface area contributed by atoms with Crippen molar-refractivity contribution in [1.29, 1.82) is 0 Å². The van der Waals surface area contributed by atoms with E-state index in [1.165, 1.54) is 0 Å². The highest BCUT2D eigenvalue weighted by atomic mass is 16.4. The van der Waals surface area contributed by atoms with Gasteiger partial charge in [-0.15, -0.1) is 0 Å². The van der Waals surface area contributed by atoms with Crippen LogP contribution in [0, 0.1) is 0 Å². The van der Waals surface area contributed by atoms with Crippen molar-refractivity contribution in [3.8, 4) is 0 Å². The zero-order chi connectivity index (χ0) is 15.0. The van der Waals surface area contributed by atoms with Crippen molar-refractivity contribution in [3.63, 3.8) is 0 Å². The number of carboxylic acid groups (broad SMARTS) is 1. The first-order valence-electron chi connectivity index (χ1n) is 6.86. The lowest BCUT2D eigenvalue weighted by atomic mass is 10.1. The molecule has 2 amide bonds. The summed E-state index contributed by atoms with van der Waals surface area (Å²) in [4.78, 5) is 24.4. The van der Waals surface area contributed by atoms with Gasteiger partial charge >= 0.3 is 12.0 Å². The maximum atomic E-state index is 12.0. The Balaban J connectivity index is 2.63. The Morgan fingerprint density at radius 3 is 2.60 bits per heavy atom. The normalized spacial score (nSPS) is 10.1. The summed E-state index contributed by atoms with van der Waals surface area (Å²) >= 11 is 0. The minimum atomic E-state index is -0.914. The van der Waals surface area contributed by atoms with Crippen LogP contribution in [-0.2, 0) is 11.2 Å². The molecule has 0 aliphatic rings. The number of nitrogens with zero attached hydrogens (tertiary/aromatic N) is 1. The quantitative estimate of drug-likeness (QED) is 0.753. The van der Waals surface area contributed by atoms with Gasteiger partial charge in [-0.3, -0.25) is 4.79 Å². The lowest BCUT2D eigenvalue weighted by Gasteiger charge is -2.19. The van der Waals surface area contributed by atoms with Gasteiger partial charge in [-0.1, -0.05) is 38.0 Å². The zero-order valence-corrected chi connectivity index (χ0v) is 12.1. The number of amides is 2. The second-order valence-electron chi connectivity index (χ2n) is 4.79. The number of hydrogen-bond donors (Lipinski definition) is 2. The van der Waals surface area contributed by atoms with Crippen LogP contribution in [-0.4, -0.2) is 35.6 Å². The number of urea groups is 1. The van der Waals surface area contributed by atoms with Crippen LogP contribution in [0.15, 0.2) is 24.3 Å². The van der Waals surface area contributed by atoms with Gasteiger partial charge in [0.05, 0.1) is 6.42 Å². The molecule has 1 aromatic carbocycles. The molecule has 0 saturated heterocycles. The number of carbonyl (C=O) groups is 2. The van der Waals surface area contributed by atoms with Crippen LogP contribution >= 0.6 is 0 Å². The third-order valence-electron chi connectivity index (χ3n) is 3.04. The monoisotopic (exact) mass is 278 g/mol. The highest BCUT2D eigenvalue weighted by Crippen LogP contribution is 2.16. The Labute approximate surface area is 119 Å². The van der Waals surface area contributed by atoms with Crippen molar-refractivity contribution in [2.75, 3.05) is 18.9 Å². The molecule has 20 heavy (non-hydrogen) atoms. The van der Waals surface area contributed by atoms with Gasteiger partial charge in [-0.25, -0.2) is 4.79 Å². The van der Waals surface area contributed by atoms with Crippen molar-refractivity contribution < 1.29 is 14.7 Å². The number of carboxylic acids is 1. The van der Waals surface area contributed by atoms with Crippen molar-refractivity contribution >= 4 is 17.7 Å². The Hall–Kier alpha value is -2.04.